The summed E-state index contributed by atoms with van der Waals surface area (Å²) < 4.78 is 59.1. The van der Waals surface area contributed by atoms with Crippen LogP contribution in [0.3, 0.4) is 0 Å². The number of aromatic nitrogens is 3. The summed E-state index contributed by atoms with van der Waals surface area (Å²) >= 11 is 0. The number of alkyl halides is 3. The van der Waals surface area contributed by atoms with Gasteiger partial charge in [0.2, 0.25) is 29.5 Å². The number of carboxylic acids is 3. The number of carbonyl (C=O) groups excluding carboxylic acids is 4. The highest BCUT2D eigenvalue weighted by Crippen LogP contribution is 2.35. The molecule has 85 heavy (non-hydrogen) atoms. The first-order chi connectivity index (χ1) is 40.7. The highest BCUT2D eigenvalue weighted by Gasteiger charge is 2.40. The second kappa shape index (κ2) is 35.2. The van der Waals surface area contributed by atoms with Crippen molar-refractivity contribution in [3.63, 3.8) is 0 Å². The first-order valence-electron chi connectivity index (χ1n) is 28.6. The molecule has 3 aromatic rings. The van der Waals surface area contributed by atoms with Gasteiger partial charge in [0.1, 0.15) is 13.1 Å². The molecule has 30 heteroatoms. The van der Waals surface area contributed by atoms with E-state index >= 15 is 0 Å². The molecule has 0 bridgehead atoms. The number of amides is 4. The second-order valence-corrected chi connectivity index (χ2v) is 20.4. The van der Waals surface area contributed by atoms with Gasteiger partial charge in [0, 0.05) is 90.0 Å². The van der Waals surface area contributed by atoms with E-state index in [9.17, 15) is 62.1 Å². The van der Waals surface area contributed by atoms with Crippen LogP contribution in [0.4, 0.5) is 18.9 Å². The number of aliphatic carboxylic acids is 3. The molecule has 0 spiro atoms. The van der Waals surface area contributed by atoms with Crippen molar-refractivity contribution in [1.82, 2.24) is 62.2 Å². The van der Waals surface area contributed by atoms with E-state index in [0.717, 1.165) is 11.8 Å². The third-order valence-electron chi connectivity index (χ3n) is 14.0. The zero-order chi connectivity index (χ0) is 61.9. The standard InChI is InChI=1S/C55H81F3N14O13/c1-4-38-33-69(54(82)40-12-15-47(84-5-2)66-51(40)55(56,57)58)25-26-72(38)44-14-13-42(39-9-7-19-64-53(39)85-6-3)65-43(44)32-60-18-8-20-63-52(81)41(59)31-46(74)62-22-28-83-27-21-61-45(73)29-36-10-11-37(30-48(75)76)17-24-71(35-50(79)80)68-67-70(23-16-36)34-49(77)78/h7,9,12-15,19,36-38,41,60,67-68H,4-6,8,10-11,16-18,20-35,59H2,1-3H3,(H,61,73)(H,62,74)(H,63,81)(H,75,76)(H,77,78)(H,79,80)/t36?,37?,38-,41-/m1/s1. The van der Waals surface area contributed by atoms with Crippen LogP contribution in [0.2, 0.25) is 0 Å². The quantitative estimate of drug-likeness (QED) is 0.0412. The molecule has 27 nitrogen and oxygen atoms in total. The number of hydrogen-bond donors (Lipinski definition) is 10. The molecule has 0 aromatic carbocycles. The highest BCUT2D eigenvalue weighted by molar-refractivity contribution is 5.96. The van der Waals surface area contributed by atoms with Gasteiger partial charge in [0.05, 0.1) is 67.1 Å². The first-order valence-corrected chi connectivity index (χ1v) is 28.6. The lowest BCUT2D eigenvalue weighted by Gasteiger charge is -2.43. The maximum atomic E-state index is 14.2. The summed E-state index contributed by atoms with van der Waals surface area (Å²) in [5.41, 5.74) is 12.3. The Bertz CT molecular complexity index is 2650. The SMILES string of the molecule is CCOc1ccc(C(=O)N2CCN(c3ccc(-c4cccnc4OCC)nc3CNCCCNC(=O)[C@H](N)CC(=O)NCCOCCNC(=O)CC3CCC(CC(=O)O)CCN(CC(=O)O)NNN(CC(=O)O)CC3)[C@H](CC)C2)c(C(F)(F)F)n1. The Labute approximate surface area is 491 Å². The maximum absolute atomic E-state index is 14.2. The van der Waals surface area contributed by atoms with Gasteiger partial charge in [-0.1, -0.05) is 6.92 Å². The number of nitrogens with two attached hydrogens (primary N) is 1. The van der Waals surface area contributed by atoms with E-state index in [4.69, 9.17) is 24.9 Å². The van der Waals surface area contributed by atoms with Gasteiger partial charge < -0.3 is 66.3 Å². The monoisotopic (exact) mass is 1200 g/mol. The molecule has 2 fully saturated rings. The number of halogens is 3. The van der Waals surface area contributed by atoms with Gasteiger partial charge in [-0.2, -0.15) is 24.2 Å². The van der Waals surface area contributed by atoms with Crippen LogP contribution in [0.1, 0.15) is 100 Å². The Balaban J connectivity index is 1.05. The molecule has 4 atom stereocenters. The van der Waals surface area contributed by atoms with Gasteiger partial charge in [0.15, 0.2) is 5.69 Å². The van der Waals surface area contributed by atoms with Gasteiger partial charge in [-0.3, -0.25) is 33.6 Å². The lowest BCUT2D eigenvalue weighted by Crippen LogP contribution is -2.57. The molecular formula is C55H81F3N14O13. The number of nitrogens with zero attached hydrogens (tertiary/aromatic N) is 7. The predicted octanol–water partition coefficient (Wildman–Crippen LogP) is 2.03. The van der Waals surface area contributed by atoms with Crippen LogP contribution in [0.25, 0.3) is 11.3 Å². The van der Waals surface area contributed by atoms with Crippen molar-refractivity contribution < 1.29 is 76.3 Å². The third-order valence-corrected chi connectivity index (χ3v) is 14.0. The molecule has 5 rings (SSSR count). The van der Waals surface area contributed by atoms with Gasteiger partial charge in [0.25, 0.3) is 5.91 Å². The summed E-state index contributed by atoms with van der Waals surface area (Å²) in [5.74, 6) is -5.68. The summed E-state index contributed by atoms with van der Waals surface area (Å²) in [6.07, 6.45) is -0.929. The molecule has 11 N–H and O–H groups in total. The number of pyridine rings is 3. The van der Waals surface area contributed by atoms with E-state index in [1.807, 2.05) is 32.0 Å². The van der Waals surface area contributed by atoms with Crippen LogP contribution in [0.5, 0.6) is 11.8 Å². The Morgan fingerprint density at radius 3 is 2.04 bits per heavy atom. The lowest BCUT2D eigenvalue weighted by molar-refractivity contribution is -0.143. The van der Waals surface area contributed by atoms with Crippen molar-refractivity contribution in [2.75, 3.05) is 103 Å². The molecule has 2 saturated heterocycles. The van der Waals surface area contributed by atoms with Gasteiger partial charge in [-0.25, -0.2) is 25.0 Å². The number of piperazine rings is 1. The largest absolute Gasteiger partial charge is 0.481 e. The van der Waals surface area contributed by atoms with Crippen molar-refractivity contribution in [3.8, 4) is 23.0 Å². The Hall–Kier alpha value is -7.35. The molecular weight excluding hydrogens is 1120 g/mol. The topological polar surface area (TPSA) is 358 Å². The molecule has 0 aliphatic carbocycles. The molecule has 0 radical (unpaired) electrons. The molecule has 2 aliphatic rings. The summed E-state index contributed by atoms with van der Waals surface area (Å²) in [6.45, 7) is 7.38. The molecule has 5 heterocycles. The highest BCUT2D eigenvalue weighted by atomic mass is 19.4. The van der Waals surface area contributed by atoms with Crippen LogP contribution in [0, 0.1) is 11.8 Å². The second-order valence-electron chi connectivity index (χ2n) is 20.4. The van der Waals surface area contributed by atoms with Gasteiger partial charge in [-0.15, -0.1) is 0 Å². The number of hydrogen-bond acceptors (Lipinski definition) is 20. The molecule has 2 unspecified atom stereocenters. The smallest absolute Gasteiger partial charge is 0.434 e. The van der Waals surface area contributed by atoms with Crippen LogP contribution in [0.15, 0.2) is 42.6 Å². The number of anilines is 1. The van der Waals surface area contributed by atoms with Crippen molar-refractivity contribution in [3.05, 3.63) is 59.5 Å². The van der Waals surface area contributed by atoms with Crippen molar-refractivity contribution in [2.45, 2.75) is 103 Å². The summed E-state index contributed by atoms with van der Waals surface area (Å²) in [7, 11) is 0. The zero-order valence-electron chi connectivity index (χ0n) is 48.3. The third kappa shape index (κ3) is 23.2. The summed E-state index contributed by atoms with van der Waals surface area (Å²) in [6, 6.07) is 8.34. The molecule has 4 amide bonds. The van der Waals surface area contributed by atoms with Crippen molar-refractivity contribution in [2.24, 2.45) is 17.6 Å². The number of carboxylic acid groups (broad SMARTS) is 3. The fourth-order valence-corrected chi connectivity index (χ4v) is 9.81. The lowest BCUT2D eigenvalue weighted by atomic mass is 9.87. The summed E-state index contributed by atoms with van der Waals surface area (Å²) in [5, 5.41) is 42.5. The number of rotatable bonds is 31. The average molecular weight is 1200 g/mol. The fraction of sp³-hybridized carbons (Fsp3) is 0.600. The van der Waals surface area contributed by atoms with E-state index in [0.29, 0.717) is 81.1 Å². The van der Waals surface area contributed by atoms with E-state index in [-0.39, 0.29) is 121 Å². The molecule has 0 saturated carbocycles. The minimum Gasteiger partial charge on any atom is -0.481 e. The van der Waals surface area contributed by atoms with Crippen molar-refractivity contribution in [1.29, 1.82) is 0 Å². The summed E-state index contributed by atoms with van der Waals surface area (Å²) in [4.78, 5) is 103. The average Bonchev–Trinajstić information content (AvgIpc) is 1.92. The maximum Gasteiger partial charge on any atom is 0.434 e. The van der Waals surface area contributed by atoms with Gasteiger partial charge in [-0.05, 0) is 101 Å². The minimum atomic E-state index is -4.89. The minimum absolute atomic E-state index is 0.0855. The number of carbonyl (C=O) groups is 7. The van der Waals surface area contributed by atoms with E-state index in [1.54, 1.807) is 19.2 Å². The fourth-order valence-electron chi connectivity index (χ4n) is 9.81. The zero-order valence-corrected chi connectivity index (χ0v) is 48.3. The van der Waals surface area contributed by atoms with Crippen LogP contribution >= 0.6 is 0 Å². The number of nitrogens with one attached hydrogen (secondary N) is 6. The van der Waals surface area contributed by atoms with Crippen molar-refractivity contribution >= 4 is 47.2 Å². The normalized spacial score (nSPS) is 17.8. The first kappa shape index (κ1) is 68.4. The van der Waals surface area contributed by atoms with Gasteiger partial charge >= 0.3 is 24.1 Å². The number of hydrazine groups is 3. The molecule has 2 aliphatic heterocycles. The Kier molecular flexibility index (Phi) is 28.3. The van der Waals surface area contributed by atoms with Crippen LogP contribution in [-0.4, -0.2) is 197 Å². The number of ether oxygens (including phenoxy) is 3. The van der Waals surface area contributed by atoms with E-state index < -0.39 is 72.2 Å². The molecule has 3 aromatic heterocycles. The van der Waals surface area contributed by atoms with Crippen LogP contribution in [-0.2, 0) is 46.2 Å². The van der Waals surface area contributed by atoms with E-state index in [1.165, 1.54) is 21.0 Å². The molecule has 470 valence electrons. The Morgan fingerprint density at radius 2 is 1.41 bits per heavy atom. The predicted molar refractivity (Wildman–Crippen MR) is 302 cm³/mol. The Morgan fingerprint density at radius 1 is 0.753 bits per heavy atom. The van der Waals surface area contributed by atoms with E-state index in [2.05, 4.69) is 47.2 Å². The van der Waals surface area contributed by atoms with Crippen LogP contribution < -0.4 is 52.4 Å².